The Balaban J connectivity index is 1.57. The van der Waals surface area contributed by atoms with Crippen LogP contribution in [0.4, 0.5) is 0 Å². The van der Waals surface area contributed by atoms with Crippen molar-refractivity contribution in [1.82, 2.24) is 9.78 Å². The van der Waals surface area contributed by atoms with Crippen LogP contribution in [0.5, 0.6) is 0 Å². The van der Waals surface area contributed by atoms with Crippen molar-refractivity contribution in [2.45, 2.75) is 25.9 Å². The number of hydrogen-bond donors (Lipinski definition) is 0. The van der Waals surface area contributed by atoms with Crippen molar-refractivity contribution in [2.24, 2.45) is 0 Å². The number of aryl methyl sites for hydroxylation is 1. The summed E-state index contributed by atoms with van der Waals surface area (Å²) in [7, 11) is 0. The highest BCUT2D eigenvalue weighted by Gasteiger charge is 2.34. The molecule has 4 aromatic carbocycles. The van der Waals surface area contributed by atoms with Gasteiger partial charge in [-0.1, -0.05) is 121 Å². The van der Waals surface area contributed by atoms with Gasteiger partial charge in [-0.15, -0.1) is 0 Å². The molecule has 5 aromatic rings. The maximum Gasteiger partial charge on any atom is 0.153 e. The first-order valence-corrected chi connectivity index (χ1v) is 12.5. The Morgan fingerprint density at radius 3 is 1.81 bits per heavy atom. The zero-order valence-corrected chi connectivity index (χ0v) is 20.3. The highest BCUT2D eigenvalue weighted by molar-refractivity contribution is 5.88. The number of rotatable bonds is 6. The predicted molar refractivity (Wildman–Crippen MR) is 145 cm³/mol. The molecule has 1 atom stereocenters. The van der Waals surface area contributed by atoms with Gasteiger partial charge in [0.05, 0.1) is 11.4 Å². The zero-order chi connectivity index (χ0) is 24.3. The second-order valence-corrected chi connectivity index (χ2v) is 9.23. The fourth-order valence-corrected chi connectivity index (χ4v) is 5.06. The summed E-state index contributed by atoms with van der Waals surface area (Å²) in [6, 6.07) is 42.1. The summed E-state index contributed by atoms with van der Waals surface area (Å²) in [4.78, 5) is 0. The highest BCUT2D eigenvalue weighted by Crippen LogP contribution is 2.43. The van der Waals surface area contributed by atoms with Crippen LogP contribution in [0.15, 0.2) is 121 Å². The fraction of sp³-hybridized carbons (Fsp3) is 0.121. The summed E-state index contributed by atoms with van der Waals surface area (Å²) < 4.78 is 9.14. The van der Waals surface area contributed by atoms with E-state index in [0.717, 1.165) is 46.8 Å². The second-order valence-electron chi connectivity index (χ2n) is 9.23. The molecule has 0 fully saturated rings. The molecule has 0 bridgehead atoms. The van der Waals surface area contributed by atoms with Crippen LogP contribution in [0, 0.1) is 6.92 Å². The fourth-order valence-electron chi connectivity index (χ4n) is 5.06. The van der Waals surface area contributed by atoms with E-state index in [1.165, 1.54) is 16.7 Å². The molecule has 2 heterocycles. The lowest BCUT2D eigenvalue weighted by atomic mass is 9.95. The van der Waals surface area contributed by atoms with E-state index in [1.54, 1.807) is 0 Å². The smallest absolute Gasteiger partial charge is 0.153 e. The van der Waals surface area contributed by atoms with E-state index in [9.17, 15) is 0 Å². The van der Waals surface area contributed by atoms with Crippen molar-refractivity contribution < 1.29 is 4.74 Å². The van der Waals surface area contributed by atoms with Crippen LogP contribution < -0.4 is 0 Å². The first-order valence-electron chi connectivity index (χ1n) is 12.5. The molecule has 3 nitrogen and oxygen atoms in total. The van der Waals surface area contributed by atoms with Gasteiger partial charge < -0.3 is 4.74 Å². The molecule has 0 saturated carbocycles. The molecule has 1 unspecified atom stereocenters. The molecule has 3 heteroatoms. The maximum atomic E-state index is 6.98. The molecule has 0 spiro atoms. The highest BCUT2D eigenvalue weighted by atomic mass is 16.5. The normalized spacial score (nSPS) is 14.9. The van der Waals surface area contributed by atoms with Gasteiger partial charge in [-0.2, -0.15) is 5.10 Å². The molecular formula is C33H28N2O. The van der Waals surface area contributed by atoms with E-state index in [2.05, 4.69) is 121 Å². The molecule has 0 amide bonds. The lowest BCUT2D eigenvalue weighted by Gasteiger charge is -2.31. The first-order chi connectivity index (χ1) is 17.8. The van der Waals surface area contributed by atoms with Crippen molar-refractivity contribution in [2.75, 3.05) is 0 Å². The lowest BCUT2D eigenvalue weighted by molar-refractivity contribution is 0.154. The first kappa shape index (κ1) is 22.1. The van der Waals surface area contributed by atoms with Crippen LogP contribution in [-0.4, -0.2) is 9.78 Å². The van der Waals surface area contributed by atoms with Crippen molar-refractivity contribution in [1.29, 1.82) is 0 Å². The monoisotopic (exact) mass is 468 g/mol. The zero-order valence-electron chi connectivity index (χ0n) is 20.3. The van der Waals surface area contributed by atoms with E-state index in [1.807, 2.05) is 12.1 Å². The Bertz CT molecular complexity index is 1490. The van der Waals surface area contributed by atoms with Crippen LogP contribution in [0.25, 0.3) is 11.5 Å². The minimum atomic E-state index is -0.157. The molecule has 1 aliphatic heterocycles. The van der Waals surface area contributed by atoms with E-state index in [-0.39, 0.29) is 6.10 Å². The summed E-state index contributed by atoms with van der Waals surface area (Å²) in [6.45, 7) is 2.12. The summed E-state index contributed by atoms with van der Waals surface area (Å²) in [5.41, 5.74) is 9.06. The molecule has 6 rings (SSSR count). The van der Waals surface area contributed by atoms with Gasteiger partial charge >= 0.3 is 0 Å². The topological polar surface area (TPSA) is 27.1 Å². The van der Waals surface area contributed by atoms with Gasteiger partial charge in [0.2, 0.25) is 0 Å². The van der Waals surface area contributed by atoms with Gasteiger partial charge in [-0.05, 0) is 18.1 Å². The van der Waals surface area contributed by atoms with E-state index in [0.29, 0.717) is 0 Å². The van der Waals surface area contributed by atoms with Crippen molar-refractivity contribution in [3.8, 4) is 0 Å². The van der Waals surface area contributed by atoms with Crippen molar-refractivity contribution in [3.05, 3.63) is 161 Å². The van der Waals surface area contributed by atoms with Gasteiger partial charge in [-0.25, -0.2) is 4.68 Å². The SMILES string of the molecule is Cc1nn2c(c1Cc1ccccc1)C(Cc1ccccc1)OC(c1ccccc1)=C2c1ccccc1. The van der Waals surface area contributed by atoms with Gasteiger partial charge in [0.15, 0.2) is 5.76 Å². The van der Waals surface area contributed by atoms with Gasteiger partial charge in [-0.3, -0.25) is 0 Å². The molecule has 176 valence electrons. The number of ether oxygens (including phenoxy) is 1. The van der Waals surface area contributed by atoms with Gasteiger partial charge in [0, 0.05) is 29.5 Å². The molecule has 0 saturated heterocycles. The number of hydrogen-bond acceptors (Lipinski definition) is 2. The number of benzene rings is 4. The molecule has 1 aliphatic rings. The number of aromatic nitrogens is 2. The third kappa shape index (κ3) is 4.25. The molecule has 36 heavy (non-hydrogen) atoms. The molecular weight excluding hydrogens is 440 g/mol. The van der Waals surface area contributed by atoms with Crippen molar-refractivity contribution in [3.63, 3.8) is 0 Å². The van der Waals surface area contributed by atoms with Crippen LogP contribution in [0.3, 0.4) is 0 Å². The summed E-state index contributed by atoms with van der Waals surface area (Å²) in [5, 5.41) is 5.15. The second kappa shape index (κ2) is 9.71. The quantitative estimate of drug-likeness (QED) is 0.258. The average Bonchev–Trinajstić information content (AvgIpc) is 3.26. The van der Waals surface area contributed by atoms with E-state index in [4.69, 9.17) is 9.84 Å². The predicted octanol–water partition coefficient (Wildman–Crippen LogP) is 7.47. The van der Waals surface area contributed by atoms with E-state index < -0.39 is 0 Å². The van der Waals surface area contributed by atoms with Crippen molar-refractivity contribution >= 4 is 11.5 Å². The van der Waals surface area contributed by atoms with Gasteiger partial charge in [0.25, 0.3) is 0 Å². The molecule has 0 N–H and O–H groups in total. The Morgan fingerprint density at radius 1 is 0.667 bits per heavy atom. The minimum Gasteiger partial charge on any atom is -0.481 e. The molecule has 0 aliphatic carbocycles. The Labute approximate surface area is 212 Å². The molecule has 0 radical (unpaired) electrons. The maximum absolute atomic E-state index is 6.98. The lowest BCUT2D eigenvalue weighted by Crippen LogP contribution is -2.22. The third-order valence-corrected chi connectivity index (χ3v) is 6.79. The standard InChI is InChI=1S/C33H28N2O/c1-24-29(22-25-14-6-2-7-15-25)32-30(23-26-16-8-3-9-17-26)36-33(28-20-12-5-13-21-28)31(35(32)34-24)27-18-10-4-11-19-27/h2-21,30H,22-23H2,1H3. The largest absolute Gasteiger partial charge is 0.481 e. The Kier molecular flexibility index (Phi) is 5.96. The Morgan fingerprint density at radius 2 is 1.19 bits per heavy atom. The number of nitrogens with zero attached hydrogens (tertiary/aromatic N) is 2. The van der Waals surface area contributed by atoms with Crippen LogP contribution in [0.2, 0.25) is 0 Å². The van der Waals surface area contributed by atoms with Crippen LogP contribution >= 0.6 is 0 Å². The minimum absolute atomic E-state index is 0.157. The van der Waals surface area contributed by atoms with E-state index >= 15 is 0 Å². The Hall–Kier alpha value is -4.37. The van der Waals surface area contributed by atoms with Gasteiger partial charge in [0.1, 0.15) is 11.8 Å². The van der Waals surface area contributed by atoms with Crippen LogP contribution in [-0.2, 0) is 17.6 Å². The third-order valence-electron chi connectivity index (χ3n) is 6.79. The summed E-state index contributed by atoms with van der Waals surface area (Å²) >= 11 is 0. The number of fused-ring (bicyclic) bond motifs is 1. The summed E-state index contributed by atoms with van der Waals surface area (Å²) in [5.74, 6) is 0.865. The summed E-state index contributed by atoms with van der Waals surface area (Å²) in [6.07, 6.45) is 1.43. The average molecular weight is 469 g/mol. The van der Waals surface area contributed by atoms with Crippen LogP contribution in [0.1, 0.15) is 45.3 Å². The molecule has 1 aromatic heterocycles.